The van der Waals surface area contributed by atoms with E-state index in [0.29, 0.717) is 34.4 Å². The van der Waals surface area contributed by atoms with Gasteiger partial charge in [-0.05, 0) is 53.2 Å². The molecule has 2 heterocycles. The molecule has 0 fully saturated rings. The molecule has 166 valence electrons. The van der Waals surface area contributed by atoms with Crippen molar-refractivity contribution in [3.8, 4) is 22.7 Å². The Hall–Kier alpha value is -3.88. The van der Waals surface area contributed by atoms with E-state index in [4.69, 9.17) is 4.42 Å². The third-order valence-corrected chi connectivity index (χ3v) is 5.26. The Bertz CT molecular complexity index is 1460. The molecule has 0 bridgehead atoms. The van der Waals surface area contributed by atoms with E-state index >= 15 is 0 Å². The lowest BCUT2D eigenvalue weighted by molar-refractivity contribution is -0.143. The summed E-state index contributed by atoms with van der Waals surface area (Å²) in [5.41, 5.74) is -2.94. The van der Waals surface area contributed by atoms with Crippen LogP contribution in [0, 0.1) is 0 Å². The standard InChI is InChI=1S/C24H12F6N2O/c25-23(26,27)16-8-15(9-17(12-16)24(28,29)30)21-18-10-13-4-1-2-5-14(13)11-19(18)22(32-31-21)20-6-3-7-33-20/h1-12H. The molecule has 9 heteroatoms. The quantitative estimate of drug-likeness (QED) is 0.201. The van der Waals surface area contributed by atoms with Crippen LogP contribution >= 0.6 is 0 Å². The maximum atomic E-state index is 13.4. The van der Waals surface area contributed by atoms with Crippen molar-refractivity contribution in [1.29, 1.82) is 0 Å². The monoisotopic (exact) mass is 458 g/mol. The molecule has 0 aliphatic heterocycles. The largest absolute Gasteiger partial charge is 0.463 e. The van der Waals surface area contributed by atoms with Crippen molar-refractivity contribution in [1.82, 2.24) is 10.2 Å². The van der Waals surface area contributed by atoms with Gasteiger partial charge >= 0.3 is 12.4 Å². The van der Waals surface area contributed by atoms with Gasteiger partial charge in [0.25, 0.3) is 0 Å². The summed E-state index contributed by atoms with van der Waals surface area (Å²) in [4.78, 5) is 0. The van der Waals surface area contributed by atoms with Crippen LogP contribution in [0.25, 0.3) is 44.3 Å². The first kappa shape index (κ1) is 21.0. The van der Waals surface area contributed by atoms with Crippen LogP contribution in [0.2, 0.25) is 0 Å². The van der Waals surface area contributed by atoms with Crippen molar-refractivity contribution in [2.24, 2.45) is 0 Å². The molecule has 2 aromatic heterocycles. The molecule has 0 saturated carbocycles. The van der Waals surface area contributed by atoms with E-state index in [0.717, 1.165) is 10.8 Å². The van der Waals surface area contributed by atoms with E-state index in [1.165, 1.54) is 6.26 Å². The molecule has 0 saturated heterocycles. The molecule has 3 aromatic carbocycles. The highest BCUT2D eigenvalue weighted by molar-refractivity contribution is 6.08. The number of nitrogens with zero attached hydrogens (tertiary/aromatic N) is 2. The molecule has 0 spiro atoms. The minimum atomic E-state index is -4.97. The van der Waals surface area contributed by atoms with Crippen molar-refractivity contribution in [2.45, 2.75) is 12.4 Å². The number of hydrogen-bond acceptors (Lipinski definition) is 3. The van der Waals surface area contributed by atoms with E-state index in [-0.39, 0.29) is 17.3 Å². The maximum Gasteiger partial charge on any atom is 0.416 e. The molecule has 5 aromatic rings. The third kappa shape index (κ3) is 3.79. The van der Waals surface area contributed by atoms with Gasteiger partial charge in [-0.25, -0.2) is 0 Å². The molecule has 0 radical (unpaired) electrons. The average molecular weight is 458 g/mol. The Morgan fingerprint density at radius 3 is 1.67 bits per heavy atom. The highest BCUT2D eigenvalue weighted by Gasteiger charge is 2.37. The predicted molar refractivity (Wildman–Crippen MR) is 110 cm³/mol. The molecule has 0 amide bonds. The van der Waals surface area contributed by atoms with Crippen LogP contribution in [-0.2, 0) is 12.4 Å². The van der Waals surface area contributed by atoms with Crippen LogP contribution in [0.3, 0.4) is 0 Å². The highest BCUT2D eigenvalue weighted by atomic mass is 19.4. The summed E-state index contributed by atoms with van der Waals surface area (Å²) in [5.74, 6) is 0.370. The maximum absolute atomic E-state index is 13.4. The number of fused-ring (bicyclic) bond motifs is 2. The van der Waals surface area contributed by atoms with Crippen LogP contribution in [0.15, 0.2) is 77.4 Å². The van der Waals surface area contributed by atoms with Gasteiger partial charge in [0.1, 0.15) is 11.4 Å². The second-order valence-corrected chi connectivity index (χ2v) is 7.41. The Labute approximate surface area is 182 Å². The van der Waals surface area contributed by atoms with Crippen molar-refractivity contribution in [3.05, 3.63) is 84.1 Å². The van der Waals surface area contributed by atoms with Gasteiger partial charge in [-0.3, -0.25) is 0 Å². The zero-order chi connectivity index (χ0) is 23.4. The summed E-state index contributed by atoms with van der Waals surface area (Å²) in [6, 6.07) is 15.3. The number of rotatable bonds is 2. The number of furan rings is 1. The van der Waals surface area contributed by atoms with E-state index in [9.17, 15) is 26.3 Å². The molecule has 0 atom stereocenters. The first-order chi connectivity index (χ1) is 15.6. The fourth-order valence-electron chi connectivity index (χ4n) is 3.74. The van der Waals surface area contributed by atoms with Gasteiger partial charge in [0.15, 0.2) is 5.76 Å². The Balaban J connectivity index is 1.86. The number of benzene rings is 3. The molecule has 0 unspecified atom stereocenters. The molecular formula is C24H12F6N2O. The van der Waals surface area contributed by atoms with Crippen molar-refractivity contribution in [3.63, 3.8) is 0 Å². The number of aromatic nitrogens is 2. The minimum absolute atomic E-state index is 0.0890. The number of hydrogen-bond donors (Lipinski definition) is 0. The molecule has 0 aliphatic carbocycles. The summed E-state index contributed by atoms with van der Waals surface area (Å²) in [6.45, 7) is 0. The first-order valence-corrected chi connectivity index (χ1v) is 9.64. The van der Waals surface area contributed by atoms with Gasteiger partial charge in [-0.2, -0.15) is 26.3 Å². The minimum Gasteiger partial charge on any atom is -0.463 e. The van der Waals surface area contributed by atoms with Crippen LogP contribution in [-0.4, -0.2) is 10.2 Å². The van der Waals surface area contributed by atoms with Gasteiger partial charge in [0, 0.05) is 16.3 Å². The van der Waals surface area contributed by atoms with Crippen molar-refractivity contribution in [2.75, 3.05) is 0 Å². The van der Waals surface area contributed by atoms with Gasteiger partial charge in [0.2, 0.25) is 0 Å². The first-order valence-electron chi connectivity index (χ1n) is 9.64. The lowest BCUT2D eigenvalue weighted by Gasteiger charge is -2.15. The summed E-state index contributed by atoms with van der Waals surface area (Å²) in [7, 11) is 0. The van der Waals surface area contributed by atoms with Gasteiger partial charge in [-0.1, -0.05) is 24.3 Å². The summed E-state index contributed by atoms with van der Waals surface area (Å²) >= 11 is 0. The van der Waals surface area contributed by atoms with Crippen LogP contribution in [0.4, 0.5) is 26.3 Å². The molecule has 5 rings (SSSR count). The van der Waals surface area contributed by atoms with Gasteiger partial charge in [-0.15, -0.1) is 10.2 Å². The molecule has 33 heavy (non-hydrogen) atoms. The van der Waals surface area contributed by atoms with Crippen LogP contribution in [0.1, 0.15) is 11.1 Å². The Morgan fingerprint density at radius 1 is 0.606 bits per heavy atom. The van der Waals surface area contributed by atoms with Gasteiger partial charge < -0.3 is 4.42 Å². The predicted octanol–water partition coefficient (Wildman–Crippen LogP) is 7.75. The van der Waals surface area contributed by atoms with Crippen LogP contribution < -0.4 is 0 Å². The van der Waals surface area contributed by atoms with E-state index < -0.39 is 23.5 Å². The number of halogens is 6. The molecule has 3 nitrogen and oxygen atoms in total. The Kier molecular flexibility index (Phi) is 4.66. The fourth-order valence-corrected chi connectivity index (χ4v) is 3.74. The molecule has 0 N–H and O–H groups in total. The van der Waals surface area contributed by atoms with E-state index in [2.05, 4.69) is 10.2 Å². The van der Waals surface area contributed by atoms with E-state index in [1.807, 2.05) is 12.1 Å². The second-order valence-electron chi connectivity index (χ2n) is 7.41. The highest BCUT2D eigenvalue weighted by Crippen LogP contribution is 2.41. The zero-order valence-corrected chi connectivity index (χ0v) is 16.5. The summed E-state index contributed by atoms with van der Waals surface area (Å²) in [6.07, 6.45) is -8.51. The van der Waals surface area contributed by atoms with Gasteiger partial charge in [0.05, 0.1) is 17.4 Å². The second kappa shape index (κ2) is 7.33. The van der Waals surface area contributed by atoms with E-state index in [1.54, 1.807) is 36.4 Å². The lowest BCUT2D eigenvalue weighted by atomic mass is 9.96. The smallest absolute Gasteiger partial charge is 0.416 e. The zero-order valence-electron chi connectivity index (χ0n) is 16.5. The van der Waals surface area contributed by atoms with Crippen molar-refractivity contribution < 1.29 is 30.8 Å². The Morgan fingerprint density at radius 2 is 1.15 bits per heavy atom. The average Bonchev–Trinajstić information content (AvgIpc) is 3.30. The third-order valence-electron chi connectivity index (χ3n) is 5.26. The number of alkyl halides is 6. The lowest BCUT2D eigenvalue weighted by Crippen LogP contribution is -2.11. The topological polar surface area (TPSA) is 38.9 Å². The summed E-state index contributed by atoms with van der Waals surface area (Å²) in [5, 5.41) is 10.5. The van der Waals surface area contributed by atoms with Crippen molar-refractivity contribution >= 4 is 21.5 Å². The normalized spacial score (nSPS) is 12.5. The summed E-state index contributed by atoms with van der Waals surface area (Å²) < 4.78 is 85.9. The molecular weight excluding hydrogens is 446 g/mol. The molecule has 0 aliphatic rings. The SMILES string of the molecule is FC(F)(F)c1cc(-c2nnc(-c3ccco3)c3cc4ccccc4cc23)cc(C(F)(F)F)c1. The fraction of sp³-hybridized carbons (Fsp3) is 0.0833. The van der Waals surface area contributed by atoms with Crippen LogP contribution in [0.5, 0.6) is 0 Å².